The lowest BCUT2D eigenvalue weighted by Crippen LogP contribution is -2.32. The molecule has 2 aromatic carbocycles. The first-order chi connectivity index (χ1) is 16.8. The molecule has 1 aromatic heterocycles. The number of ether oxygens (including phenoxy) is 1. The molecule has 0 saturated heterocycles. The van der Waals surface area contributed by atoms with E-state index in [4.69, 9.17) is 4.74 Å². The molecule has 2 heterocycles. The number of nitrogens with one attached hydrogen (secondary N) is 1. The van der Waals surface area contributed by atoms with Crippen molar-refractivity contribution in [2.75, 3.05) is 18.6 Å². The highest BCUT2D eigenvalue weighted by Gasteiger charge is 2.45. The first kappa shape index (κ1) is 24.2. The number of aliphatic hydroxyl groups excluding tert-OH is 1. The van der Waals surface area contributed by atoms with Gasteiger partial charge in [0.25, 0.3) is 11.8 Å². The van der Waals surface area contributed by atoms with Crippen molar-refractivity contribution in [2.45, 2.75) is 19.9 Å². The molecule has 35 heavy (non-hydrogen) atoms. The molecule has 180 valence electrons. The predicted octanol–water partition coefficient (Wildman–Crippen LogP) is 4.67. The first-order valence-corrected chi connectivity index (χ1v) is 12.1. The Morgan fingerprint density at radius 2 is 1.80 bits per heavy atom. The summed E-state index contributed by atoms with van der Waals surface area (Å²) in [5.41, 5.74) is 3.10. The largest absolute Gasteiger partial charge is 0.503 e. The molecular weight excluding hydrogens is 464 g/mol. The van der Waals surface area contributed by atoms with Crippen LogP contribution in [-0.2, 0) is 14.4 Å². The zero-order valence-corrected chi connectivity index (χ0v) is 20.5. The average molecular weight is 491 g/mol. The fourth-order valence-corrected chi connectivity index (χ4v) is 4.69. The summed E-state index contributed by atoms with van der Waals surface area (Å²) < 4.78 is 5.75. The molecule has 1 unspecified atom stereocenters. The lowest BCUT2D eigenvalue weighted by atomic mass is 9.90. The Hall–Kier alpha value is -3.91. The number of aliphatic hydroxyl groups is 1. The van der Waals surface area contributed by atoms with Crippen LogP contribution in [0.1, 0.15) is 25.5 Å². The van der Waals surface area contributed by atoms with E-state index in [0.717, 1.165) is 11.1 Å². The van der Waals surface area contributed by atoms with E-state index < -0.39 is 23.6 Å². The summed E-state index contributed by atoms with van der Waals surface area (Å²) in [6, 6.07) is 15.4. The number of para-hydroxylation sites is 1. The van der Waals surface area contributed by atoms with E-state index in [-0.39, 0.29) is 23.9 Å². The molecule has 1 aliphatic heterocycles. The number of ketones is 1. The van der Waals surface area contributed by atoms with Gasteiger partial charge in [0.05, 0.1) is 11.6 Å². The van der Waals surface area contributed by atoms with Crippen LogP contribution in [0.2, 0.25) is 0 Å². The second kappa shape index (κ2) is 10.1. The van der Waals surface area contributed by atoms with E-state index in [1.165, 1.54) is 11.9 Å². The Bertz CT molecular complexity index is 1280. The van der Waals surface area contributed by atoms with Gasteiger partial charge in [-0.2, -0.15) is 11.3 Å². The number of hydrogen-bond donors (Lipinski definition) is 2. The maximum Gasteiger partial charge on any atom is 0.294 e. The van der Waals surface area contributed by atoms with Crippen LogP contribution in [0.3, 0.4) is 0 Å². The minimum absolute atomic E-state index is 0.0166. The van der Waals surface area contributed by atoms with Gasteiger partial charge in [-0.05, 0) is 46.2 Å². The third-order valence-corrected chi connectivity index (χ3v) is 6.53. The Morgan fingerprint density at radius 1 is 1.09 bits per heavy atom. The second-order valence-electron chi connectivity index (χ2n) is 8.42. The number of carbonyl (C=O) groups is 3. The van der Waals surface area contributed by atoms with E-state index in [9.17, 15) is 19.5 Å². The number of anilines is 1. The molecule has 0 spiro atoms. The minimum atomic E-state index is -0.912. The number of thiophene rings is 1. The van der Waals surface area contributed by atoms with Gasteiger partial charge in [-0.3, -0.25) is 19.3 Å². The topological polar surface area (TPSA) is 95.9 Å². The molecule has 0 saturated carbocycles. The highest BCUT2D eigenvalue weighted by Crippen LogP contribution is 2.45. The van der Waals surface area contributed by atoms with Crippen molar-refractivity contribution in [2.24, 2.45) is 5.92 Å². The van der Waals surface area contributed by atoms with Gasteiger partial charge in [-0.15, -0.1) is 0 Å². The van der Waals surface area contributed by atoms with Crippen molar-refractivity contribution < 1.29 is 24.2 Å². The lowest BCUT2D eigenvalue weighted by molar-refractivity contribution is -0.122. The van der Waals surface area contributed by atoms with Gasteiger partial charge in [0.1, 0.15) is 5.75 Å². The number of benzene rings is 2. The van der Waals surface area contributed by atoms with Crippen LogP contribution in [0.4, 0.5) is 5.69 Å². The van der Waals surface area contributed by atoms with Crippen molar-refractivity contribution in [1.29, 1.82) is 0 Å². The normalized spacial score (nSPS) is 15.6. The standard InChI is InChI=1S/C27H26N2O5S/c1-16(2)25(31)23-24(20-6-4-5-7-21(20)34-14-22(30)28-3)29(27(33)26(23)32)19-10-8-17(9-11-19)18-12-13-35-15-18/h4-13,15-16,24,32H,14H2,1-3H3,(H,28,30). The summed E-state index contributed by atoms with van der Waals surface area (Å²) >= 11 is 1.59. The van der Waals surface area contributed by atoms with E-state index in [1.807, 2.05) is 29.0 Å². The van der Waals surface area contributed by atoms with Crippen LogP contribution in [0.25, 0.3) is 11.1 Å². The van der Waals surface area contributed by atoms with E-state index in [0.29, 0.717) is 17.0 Å². The van der Waals surface area contributed by atoms with Gasteiger partial charge in [-0.25, -0.2) is 0 Å². The third kappa shape index (κ3) is 4.70. The molecule has 0 bridgehead atoms. The molecule has 1 atom stereocenters. The highest BCUT2D eigenvalue weighted by molar-refractivity contribution is 7.08. The number of rotatable bonds is 8. The predicted molar refractivity (Wildman–Crippen MR) is 135 cm³/mol. The fraction of sp³-hybridized carbons (Fsp3) is 0.222. The number of amides is 2. The molecule has 2 amide bonds. The summed E-state index contributed by atoms with van der Waals surface area (Å²) in [5, 5.41) is 17.4. The molecule has 0 fully saturated rings. The maximum absolute atomic E-state index is 13.3. The SMILES string of the molecule is CNC(=O)COc1ccccc1C1C(C(=O)C(C)C)=C(O)C(=O)N1c1ccc(-c2ccsc2)cc1. The maximum atomic E-state index is 13.3. The lowest BCUT2D eigenvalue weighted by Gasteiger charge is -2.28. The van der Waals surface area contributed by atoms with E-state index >= 15 is 0 Å². The zero-order valence-electron chi connectivity index (χ0n) is 19.6. The Morgan fingerprint density at radius 3 is 2.43 bits per heavy atom. The van der Waals surface area contributed by atoms with Crippen LogP contribution in [0.15, 0.2) is 76.7 Å². The third-order valence-electron chi connectivity index (χ3n) is 5.85. The minimum Gasteiger partial charge on any atom is -0.503 e. The van der Waals surface area contributed by atoms with Gasteiger partial charge >= 0.3 is 0 Å². The van der Waals surface area contributed by atoms with Crippen molar-refractivity contribution >= 4 is 34.6 Å². The second-order valence-corrected chi connectivity index (χ2v) is 9.20. The molecule has 0 radical (unpaired) electrons. The first-order valence-electron chi connectivity index (χ1n) is 11.2. The summed E-state index contributed by atoms with van der Waals surface area (Å²) in [5.74, 6) is -1.99. The van der Waals surface area contributed by atoms with Gasteiger partial charge in [-0.1, -0.05) is 44.2 Å². The summed E-state index contributed by atoms with van der Waals surface area (Å²) in [7, 11) is 1.51. The smallest absolute Gasteiger partial charge is 0.294 e. The number of Topliss-reactive ketones (excluding diaryl/α,β-unsaturated/α-hetero) is 1. The Balaban J connectivity index is 1.81. The number of hydrogen-bond acceptors (Lipinski definition) is 6. The molecule has 1 aliphatic rings. The summed E-state index contributed by atoms with van der Waals surface area (Å²) in [6.45, 7) is 3.21. The number of carbonyl (C=O) groups excluding carboxylic acids is 3. The molecule has 2 N–H and O–H groups in total. The number of nitrogens with zero attached hydrogens (tertiary/aromatic N) is 1. The average Bonchev–Trinajstić information content (AvgIpc) is 3.49. The fourth-order valence-electron chi connectivity index (χ4n) is 4.03. The van der Waals surface area contributed by atoms with Crippen LogP contribution in [-0.4, -0.2) is 36.4 Å². The van der Waals surface area contributed by atoms with Crippen molar-refractivity contribution in [3.8, 4) is 16.9 Å². The molecule has 0 aliphatic carbocycles. The van der Waals surface area contributed by atoms with Gasteiger partial charge in [0.15, 0.2) is 18.1 Å². The Kier molecular flexibility index (Phi) is 7.02. The van der Waals surface area contributed by atoms with Crippen molar-refractivity contribution in [1.82, 2.24) is 5.32 Å². The van der Waals surface area contributed by atoms with E-state index in [2.05, 4.69) is 5.32 Å². The van der Waals surface area contributed by atoms with Crippen LogP contribution in [0, 0.1) is 5.92 Å². The highest BCUT2D eigenvalue weighted by atomic mass is 32.1. The monoisotopic (exact) mass is 490 g/mol. The zero-order chi connectivity index (χ0) is 25.1. The van der Waals surface area contributed by atoms with Gasteiger partial charge in [0, 0.05) is 24.2 Å². The quantitative estimate of drug-likeness (QED) is 0.479. The molecule has 4 rings (SSSR count). The van der Waals surface area contributed by atoms with E-state index in [1.54, 1.807) is 61.6 Å². The van der Waals surface area contributed by atoms with Crippen LogP contribution < -0.4 is 15.0 Å². The van der Waals surface area contributed by atoms with Crippen molar-refractivity contribution in [3.05, 3.63) is 82.3 Å². The number of likely N-dealkylation sites (N-methyl/N-ethyl adjacent to an activating group) is 1. The van der Waals surface area contributed by atoms with Crippen LogP contribution >= 0.6 is 11.3 Å². The molecule has 3 aromatic rings. The van der Waals surface area contributed by atoms with Crippen molar-refractivity contribution in [3.63, 3.8) is 0 Å². The van der Waals surface area contributed by atoms with Gasteiger partial charge < -0.3 is 15.2 Å². The molecule has 7 nitrogen and oxygen atoms in total. The van der Waals surface area contributed by atoms with Crippen LogP contribution in [0.5, 0.6) is 5.75 Å². The molecule has 8 heteroatoms. The van der Waals surface area contributed by atoms with Gasteiger partial charge in [0.2, 0.25) is 0 Å². The summed E-state index contributed by atoms with van der Waals surface area (Å²) in [4.78, 5) is 39.7. The Labute approximate surface area is 207 Å². The molecular formula is C27H26N2O5S. The summed E-state index contributed by atoms with van der Waals surface area (Å²) in [6.07, 6.45) is 0.